The molecule has 9 rings (SSSR count). The Kier molecular flexibility index (Phi) is 11.6. The number of hydrogen-bond donors (Lipinski definition) is 1. The van der Waals surface area contributed by atoms with E-state index in [2.05, 4.69) is 111 Å². The van der Waals surface area contributed by atoms with E-state index in [1.54, 1.807) is 28.7 Å². The first-order valence-corrected chi connectivity index (χ1v) is 23.6. The zero-order chi connectivity index (χ0) is 44.2. The molecule has 2 fully saturated rings. The van der Waals surface area contributed by atoms with Gasteiger partial charge in [-0.1, -0.05) is 116 Å². The number of thiocarbonyl (C=S) groups is 2. The molecule has 63 heavy (non-hydrogen) atoms. The maximum atomic E-state index is 12.9. The lowest BCUT2D eigenvalue weighted by atomic mass is 9.82. The number of carboxylic acids is 1. The molecule has 0 spiro atoms. The van der Waals surface area contributed by atoms with Crippen LogP contribution >= 0.6 is 70.6 Å². The zero-order valence-electron chi connectivity index (χ0n) is 33.8. The van der Waals surface area contributed by atoms with Gasteiger partial charge < -0.3 is 14.7 Å². The monoisotopic (exact) mass is 941 g/mol. The van der Waals surface area contributed by atoms with Crippen LogP contribution in [0.5, 0.6) is 0 Å². The van der Waals surface area contributed by atoms with Crippen LogP contribution in [0.2, 0.25) is 0 Å². The van der Waals surface area contributed by atoms with E-state index in [1.165, 1.54) is 44.5 Å². The van der Waals surface area contributed by atoms with E-state index in [-0.39, 0.29) is 22.4 Å². The van der Waals surface area contributed by atoms with E-state index in [4.69, 9.17) is 29.2 Å². The minimum atomic E-state index is -1.11. The third-order valence-corrected chi connectivity index (χ3v) is 15.9. The highest BCUT2D eigenvalue weighted by molar-refractivity contribution is 8.27. The van der Waals surface area contributed by atoms with Crippen molar-refractivity contribution in [1.82, 2.24) is 9.80 Å². The second-order valence-corrected chi connectivity index (χ2v) is 21.0. The first kappa shape index (κ1) is 42.6. The summed E-state index contributed by atoms with van der Waals surface area (Å²) in [5.41, 5.74) is 11.2. The van der Waals surface area contributed by atoms with Crippen LogP contribution in [0.4, 0.5) is 17.1 Å². The van der Waals surface area contributed by atoms with Crippen molar-refractivity contribution >= 4 is 133 Å². The number of rotatable bonds is 12. The van der Waals surface area contributed by atoms with Crippen LogP contribution < -0.4 is 4.90 Å². The van der Waals surface area contributed by atoms with E-state index in [9.17, 15) is 24.3 Å². The number of fused-ring (bicyclic) bond motifs is 3. The third kappa shape index (κ3) is 8.20. The van der Waals surface area contributed by atoms with E-state index in [1.807, 2.05) is 30.3 Å². The fourth-order valence-electron chi connectivity index (χ4n) is 7.89. The van der Waals surface area contributed by atoms with Crippen LogP contribution in [0.1, 0.15) is 40.3 Å². The molecule has 0 unspecified atom stereocenters. The van der Waals surface area contributed by atoms with Crippen molar-refractivity contribution in [3.8, 4) is 32.0 Å². The molecule has 3 aliphatic rings. The van der Waals surface area contributed by atoms with Crippen LogP contribution in [0.25, 0.3) is 44.2 Å². The normalized spacial score (nSPS) is 16.6. The summed E-state index contributed by atoms with van der Waals surface area (Å²) in [7, 11) is 0. The van der Waals surface area contributed by atoms with Gasteiger partial charge in [0.25, 0.3) is 18.3 Å². The van der Waals surface area contributed by atoms with Crippen molar-refractivity contribution in [3.05, 3.63) is 145 Å². The number of aliphatic carboxylic acids is 1. The van der Waals surface area contributed by atoms with Gasteiger partial charge in [0.15, 0.2) is 11.1 Å². The number of carbonyl (C=O) groups excluding carboxylic acids is 3. The summed E-state index contributed by atoms with van der Waals surface area (Å²) in [6, 6.07) is 38.4. The Balaban J connectivity index is 1.02. The molecule has 4 heterocycles. The SMILES string of the molecule is Cc1ccc2c(c1)C(C)(C)c1cc(N(c3ccc(-c4ccc(/C=C5\SC(=S)N(COC=O)C5=O)s4)cc3)c3ccc(-c4ccc(/C=C5\SC(=S)N(CC(=O)O)C5=O)s4)cc3)ccc1-2. The van der Waals surface area contributed by atoms with E-state index in [0.29, 0.717) is 20.6 Å². The van der Waals surface area contributed by atoms with Gasteiger partial charge in [-0.3, -0.25) is 29.0 Å². The van der Waals surface area contributed by atoms with Crippen LogP contribution in [0, 0.1) is 6.92 Å². The van der Waals surface area contributed by atoms with Gasteiger partial charge >= 0.3 is 5.97 Å². The lowest BCUT2D eigenvalue weighted by molar-refractivity contribution is -0.140. The third-order valence-electron chi connectivity index (χ3n) is 11.0. The molecule has 6 aromatic rings. The molecule has 0 radical (unpaired) electrons. The highest BCUT2D eigenvalue weighted by Crippen LogP contribution is 2.51. The van der Waals surface area contributed by atoms with Crippen molar-refractivity contribution < 1.29 is 29.0 Å². The Morgan fingerprint density at radius 2 is 1.19 bits per heavy atom. The number of aryl methyl sites for hydroxylation is 1. The number of anilines is 3. The zero-order valence-corrected chi connectivity index (χ0v) is 38.7. The number of carbonyl (C=O) groups is 4. The Bertz CT molecular complexity index is 2970. The number of carboxylic acid groups (broad SMARTS) is 1. The molecule has 0 saturated carbocycles. The molecular formula is C48H35N3O6S6. The maximum Gasteiger partial charge on any atom is 0.323 e. The number of thiophene rings is 2. The molecule has 314 valence electrons. The first-order chi connectivity index (χ1) is 30.3. The first-order valence-electron chi connectivity index (χ1n) is 19.5. The molecule has 2 amide bonds. The Morgan fingerprint density at radius 3 is 1.73 bits per heavy atom. The summed E-state index contributed by atoms with van der Waals surface area (Å²) in [6.45, 7) is 6.35. The van der Waals surface area contributed by atoms with Crippen molar-refractivity contribution in [2.45, 2.75) is 26.2 Å². The highest BCUT2D eigenvalue weighted by atomic mass is 32.2. The topological polar surface area (TPSA) is 107 Å². The van der Waals surface area contributed by atoms with Crippen LogP contribution in [0.15, 0.2) is 119 Å². The van der Waals surface area contributed by atoms with Crippen LogP contribution in [0.3, 0.4) is 0 Å². The average Bonchev–Trinajstić information content (AvgIpc) is 4.08. The van der Waals surface area contributed by atoms with E-state index in [0.717, 1.165) is 64.4 Å². The lowest BCUT2D eigenvalue weighted by Gasteiger charge is -2.28. The molecule has 0 atom stereocenters. The minimum Gasteiger partial charge on any atom is -0.480 e. The van der Waals surface area contributed by atoms with Crippen LogP contribution in [-0.4, -0.2) is 61.1 Å². The Hall–Kier alpha value is -5.68. The van der Waals surface area contributed by atoms with Crippen molar-refractivity contribution in [2.75, 3.05) is 18.2 Å². The van der Waals surface area contributed by atoms with Gasteiger partial charge in [-0.15, -0.1) is 22.7 Å². The highest BCUT2D eigenvalue weighted by Gasteiger charge is 2.37. The summed E-state index contributed by atoms with van der Waals surface area (Å²) in [5.74, 6) is -1.80. The fourth-order valence-corrected chi connectivity index (χ4v) is 12.4. The number of ether oxygens (including phenoxy) is 1. The van der Waals surface area contributed by atoms with Gasteiger partial charge in [0.05, 0.1) is 9.81 Å². The van der Waals surface area contributed by atoms with Gasteiger partial charge in [-0.2, -0.15) is 0 Å². The molecule has 1 aliphatic carbocycles. The lowest BCUT2D eigenvalue weighted by Crippen LogP contribution is -2.33. The smallest absolute Gasteiger partial charge is 0.323 e. The quantitative estimate of drug-likeness (QED) is 0.0720. The summed E-state index contributed by atoms with van der Waals surface area (Å²) in [4.78, 5) is 57.1. The van der Waals surface area contributed by atoms with Gasteiger partial charge in [0.1, 0.15) is 10.9 Å². The van der Waals surface area contributed by atoms with Crippen molar-refractivity contribution in [1.29, 1.82) is 0 Å². The average molecular weight is 942 g/mol. The van der Waals surface area contributed by atoms with Crippen molar-refractivity contribution in [3.63, 3.8) is 0 Å². The van der Waals surface area contributed by atoms with Gasteiger partial charge in [0, 0.05) is 42.0 Å². The number of hydrogen-bond acceptors (Lipinski definition) is 12. The molecule has 0 bridgehead atoms. The molecule has 4 aromatic carbocycles. The molecule has 2 aliphatic heterocycles. The standard InChI is InChI=1S/C48H35N3O6S6/c1-27-4-16-35-36-17-13-32(21-38(36)48(2,3)37(35)20-27)51(30-9-5-28(6-10-30)39-18-14-33(60-39)22-41-44(55)49(24-43(53)54)46(58)62-41)31-11-7-29(8-12-31)40-19-15-34(61-40)23-42-45(56)50(25-57-26-52)47(59)63-42/h4-23,26H,24-25H2,1-3H3,(H,53,54)/b41-22-,42-23-. The molecule has 15 heteroatoms. The summed E-state index contributed by atoms with van der Waals surface area (Å²) in [5, 5.41) is 9.22. The Morgan fingerprint density at radius 1 is 0.698 bits per heavy atom. The summed E-state index contributed by atoms with van der Waals surface area (Å²) < 4.78 is 5.36. The number of amides is 2. The second-order valence-electron chi connectivity index (χ2n) is 15.4. The number of nitrogens with zero attached hydrogens (tertiary/aromatic N) is 3. The van der Waals surface area contributed by atoms with Gasteiger partial charge in [-0.05, 0) is 113 Å². The molecule has 1 N–H and O–H groups in total. The maximum absolute atomic E-state index is 12.9. The molecular weight excluding hydrogens is 907 g/mol. The van der Waals surface area contributed by atoms with E-state index < -0.39 is 18.4 Å². The summed E-state index contributed by atoms with van der Waals surface area (Å²) in [6.07, 6.45) is 3.59. The van der Waals surface area contributed by atoms with Gasteiger partial charge in [0.2, 0.25) is 0 Å². The molecule has 2 saturated heterocycles. The second kappa shape index (κ2) is 17.1. The molecule has 9 nitrogen and oxygen atoms in total. The minimum absolute atomic E-state index is 0.195. The Labute approximate surface area is 390 Å². The summed E-state index contributed by atoms with van der Waals surface area (Å²) >= 11 is 16.0. The van der Waals surface area contributed by atoms with Crippen LogP contribution in [-0.2, 0) is 29.3 Å². The van der Waals surface area contributed by atoms with E-state index >= 15 is 0 Å². The fraction of sp³-hybridized carbons (Fsp3) is 0.125. The van der Waals surface area contributed by atoms with Crippen molar-refractivity contribution in [2.24, 2.45) is 0 Å². The predicted molar refractivity (Wildman–Crippen MR) is 265 cm³/mol. The number of benzene rings is 4. The largest absolute Gasteiger partial charge is 0.480 e. The van der Waals surface area contributed by atoms with Gasteiger partial charge in [-0.25, -0.2) is 0 Å². The predicted octanol–water partition coefficient (Wildman–Crippen LogP) is 11.8. The molecule has 2 aromatic heterocycles. The number of thioether (sulfide) groups is 2.